The van der Waals surface area contributed by atoms with Gasteiger partial charge in [0.25, 0.3) is 0 Å². The average molecular weight is 259 g/mol. The summed E-state index contributed by atoms with van der Waals surface area (Å²) in [7, 11) is 0.0407. The van der Waals surface area contributed by atoms with Crippen molar-refractivity contribution in [3.8, 4) is 0 Å². The average Bonchev–Trinajstić information content (AvgIpc) is 2.72. The summed E-state index contributed by atoms with van der Waals surface area (Å²) in [5.74, 6) is 0.0337. The minimum Gasteiger partial charge on any atom is -0.381 e. The number of anilines is 1. The van der Waals surface area contributed by atoms with E-state index in [1.165, 1.54) is 10.9 Å². The van der Waals surface area contributed by atoms with Gasteiger partial charge in [0.15, 0.2) is 5.82 Å². The summed E-state index contributed by atoms with van der Waals surface area (Å²) in [6.45, 7) is 1.62. The van der Waals surface area contributed by atoms with Crippen LogP contribution < -0.4 is 10.5 Å². The molecular weight excluding hydrogens is 242 g/mol. The highest BCUT2D eigenvalue weighted by Crippen LogP contribution is 2.17. The number of likely N-dealkylation sites (tertiary alicyclic amines) is 1. The molecule has 1 atom stereocenters. The van der Waals surface area contributed by atoms with Crippen molar-refractivity contribution in [2.75, 3.05) is 25.9 Å². The molecule has 0 aromatic carbocycles. The van der Waals surface area contributed by atoms with Crippen LogP contribution in [-0.2, 0) is 17.1 Å². The molecule has 2 rings (SSSR count). The summed E-state index contributed by atoms with van der Waals surface area (Å²) >= 11 is 0. The Morgan fingerprint density at radius 1 is 1.53 bits per heavy atom. The highest BCUT2D eigenvalue weighted by Gasteiger charge is 2.27. The number of nitrogens with two attached hydrogens (primary N) is 1. The summed E-state index contributed by atoms with van der Waals surface area (Å²) in [5, 5.41) is 3.83. The van der Waals surface area contributed by atoms with E-state index >= 15 is 0 Å². The van der Waals surface area contributed by atoms with Crippen LogP contribution in [0.2, 0.25) is 0 Å². The molecule has 0 spiro atoms. The molecule has 0 aliphatic carbocycles. The number of aromatic nitrogens is 2. The van der Waals surface area contributed by atoms with E-state index < -0.39 is 10.0 Å². The number of sulfonamides is 1. The first kappa shape index (κ1) is 12.3. The largest absolute Gasteiger partial charge is 0.381 e. The number of hydrogen-bond donors (Lipinski definition) is 2. The van der Waals surface area contributed by atoms with Crippen molar-refractivity contribution in [1.82, 2.24) is 19.4 Å². The second kappa shape index (κ2) is 4.28. The highest BCUT2D eigenvalue weighted by atomic mass is 32.2. The zero-order valence-corrected chi connectivity index (χ0v) is 10.7. The maximum atomic E-state index is 12.1. The van der Waals surface area contributed by atoms with Crippen LogP contribution in [0.4, 0.5) is 5.82 Å². The molecule has 0 amide bonds. The standard InChI is InChI=1S/C9H17N5O2S/c1-13-4-3-7(5-13)12-17(15,16)8-6-14(2)11-9(8)10/h6-7,12H,3-5H2,1-2H3,(H2,10,11). The molecule has 1 aliphatic rings. The van der Waals surface area contributed by atoms with E-state index in [1.807, 2.05) is 7.05 Å². The molecule has 1 saturated heterocycles. The van der Waals surface area contributed by atoms with Crippen LogP contribution in [0.1, 0.15) is 6.42 Å². The van der Waals surface area contributed by atoms with E-state index in [0.29, 0.717) is 0 Å². The third-order valence-corrected chi connectivity index (χ3v) is 4.36. The second-order valence-corrected chi connectivity index (χ2v) is 6.10. The third kappa shape index (κ3) is 2.59. The lowest BCUT2D eigenvalue weighted by atomic mass is 10.3. The van der Waals surface area contributed by atoms with Crippen LogP contribution in [-0.4, -0.2) is 49.3 Å². The van der Waals surface area contributed by atoms with Gasteiger partial charge < -0.3 is 10.6 Å². The maximum Gasteiger partial charge on any atom is 0.246 e. The van der Waals surface area contributed by atoms with Gasteiger partial charge in [-0.05, 0) is 20.0 Å². The molecule has 1 unspecified atom stereocenters. The van der Waals surface area contributed by atoms with Gasteiger partial charge in [0.2, 0.25) is 10.0 Å². The van der Waals surface area contributed by atoms with Gasteiger partial charge in [0.05, 0.1) is 0 Å². The first-order valence-corrected chi connectivity index (χ1v) is 6.87. The number of hydrogen-bond acceptors (Lipinski definition) is 5. The van der Waals surface area contributed by atoms with Crippen molar-refractivity contribution < 1.29 is 8.42 Å². The predicted molar refractivity (Wildman–Crippen MR) is 63.8 cm³/mol. The normalized spacial score (nSPS) is 22.1. The molecule has 3 N–H and O–H groups in total. The molecule has 17 heavy (non-hydrogen) atoms. The molecule has 1 fully saturated rings. The first-order valence-electron chi connectivity index (χ1n) is 5.38. The summed E-state index contributed by atoms with van der Waals surface area (Å²) in [5.41, 5.74) is 5.57. The van der Waals surface area contributed by atoms with Gasteiger partial charge in [-0.3, -0.25) is 4.68 Å². The van der Waals surface area contributed by atoms with Crippen LogP contribution in [0.15, 0.2) is 11.1 Å². The van der Waals surface area contributed by atoms with Crippen LogP contribution >= 0.6 is 0 Å². The second-order valence-electron chi connectivity index (χ2n) is 4.42. The van der Waals surface area contributed by atoms with Gasteiger partial charge >= 0.3 is 0 Å². The van der Waals surface area contributed by atoms with Crippen molar-refractivity contribution in [1.29, 1.82) is 0 Å². The molecule has 8 heteroatoms. The minimum atomic E-state index is -3.56. The number of nitrogens with one attached hydrogen (secondary N) is 1. The lowest BCUT2D eigenvalue weighted by molar-refractivity contribution is 0.407. The molecule has 0 bridgehead atoms. The number of nitrogens with zero attached hydrogens (tertiary/aromatic N) is 3. The summed E-state index contributed by atoms with van der Waals surface area (Å²) in [4.78, 5) is 2.13. The number of nitrogen functional groups attached to an aromatic ring is 1. The zero-order chi connectivity index (χ0) is 12.6. The van der Waals surface area contributed by atoms with Gasteiger partial charge in [-0.15, -0.1) is 0 Å². The fraction of sp³-hybridized carbons (Fsp3) is 0.667. The van der Waals surface area contributed by atoms with Crippen LogP contribution in [0.25, 0.3) is 0 Å². The molecule has 0 radical (unpaired) electrons. The molecule has 7 nitrogen and oxygen atoms in total. The van der Waals surface area contributed by atoms with E-state index in [2.05, 4.69) is 14.7 Å². The Hall–Kier alpha value is -1.12. The molecule has 1 aromatic rings. The van der Waals surface area contributed by atoms with Crippen LogP contribution in [0, 0.1) is 0 Å². The molecule has 2 heterocycles. The quantitative estimate of drug-likeness (QED) is 0.725. The lowest BCUT2D eigenvalue weighted by Gasteiger charge is -2.12. The Morgan fingerprint density at radius 2 is 2.24 bits per heavy atom. The lowest BCUT2D eigenvalue weighted by Crippen LogP contribution is -2.36. The Kier molecular flexibility index (Phi) is 3.11. The minimum absolute atomic E-state index is 0.0337. The highest BCUT2D eigenvalue weighted by molar-refractivity contribution is 7.89. The zero-order valence-electron chi connectivity index (χ0n) is 9.92. The number of rotatable bonds is 3. The van der Waals surface area contributed by atoms with Crippen LogP contribution in [0.5, 0.6) is 0 Å². The van der Waals surface area contributed by atoms with Crippen molar-refractivity contribution in [2.45, 2.75) is 17.4 Å². The Bertz CT molecular complexity index is 509. The fourth-order valence-electron chi connectivity index (χ4n) is 2.01. The predicted octanol–water partition coefficient (Wildman–Crippen LogP) is -1.02. The van der Waals surface area contributed by atoms with E-state index in [-0.39, 0.29) is 16.8 Å². The van der Waals surface area contributed by atoms with Gasteiger partial charge in [-0.1, -0.05) is 0 Å². The van der Waals surface area contributed by atoms with Crippen LogP contribution in [0.3, 0.4) is 0 Å². The summed E-state index contributed by atoms with van der Waals surface area (Å²) < 4.78 is 28.2. The van der Waals surface area contributed by atoms with Crippen molar-refractivity contribution >= 4 is 15.8 Å². The van der Waals surface area contributed by atoms with Crippen molar-refractivity contribution in [3.63, 3.8) is 0 Å². The number of aryl methyl sites for hydroxylation is 1. The SMILES string of the molecule is CN1CCC(NS(=O)(=O)c2cn(C)nc2N)C1. The van der Waals surface area contributed by atoms with Gasteiger partial charge in [0.1, 0.15) is 4.90 Å². The molecule has 1 aliphatic heterocycles. The molecular formula is C9H17N5O2S. The van der Waals surface area contributed by atoms with Gasteiger partial charge in [-0.2, -0.15) is 5.10 Å². The van der Waals surface area contributed by atoms with E-state index in [1.54, 1.807) is 7.05 Å². The first-order chi connectivity index (χ1) is 7.88. The van der Waals surface area contributed by atoms with E-state index in [4.69, 9.17) is 5.73 Å². The van der Waals surface area contributed by atoms with Gasteiger partial charge in [0, 0.05) is 25.8 Å². The van der Waals surface area contributed by atoms with Crippen molar-refractivity contribution in [3.05, 3.63) is 6.20 Å². The topological polar surface area (TPSA) is 93.2 Å². The van der Waals surface area contributed by atoms with Crippen molar-refractivity contribution in [2.24, 2.45) is 7.05 Å². The molecule has 1 aromatic heterocycles. The maximum absolute atomic E-state index is 12.1. The Balaban J connectivity index is 2.17. The third-order valence-electron chi connectivity index (χ3n) is 2.82. The summed E-state index contributed by atoms with van der Waals surface area (Å²) in [6.07, 6.45) is 2.23. The molecule has 96 valence electrons. The van der Waals surface area contributed by atoms with E-state index in [9.17, 15) is 8.42 Å². The Morgan fingerprint density at radius 3 is 2.71 bits per heavy atom. The molecule has 0 saturated carbocycles. The summed E-state index contributed by atoms with van der Waals surface area (Å²) in [6, 6.07) is -0.0513. The number of likely N-dealkylation sites (N-methyl/N-ethyl adjacent to an activating group) is 1. The smallest absolute Gasteiger partial charge is 0.246 e. The van der Waals surface area contributed by atoms with Gasteiger partial charge in [-0.25, -0.2) is 13.1 Å². The Labute approximate surface area is 101 Å². The monoisotopic (exact) mass is 259 g/mol. The van der Waals surface area contributed by atoms with E-state index in [0.717, 1.165) is 19.5 Å². The fourth-order valence-corrected chi connectivity index (χ4v) is 3.37.